The zero-order valence-electron chi connectivity index (χ0n) is 12.6. The fourth-order valence-corrected chi connectivity index (χ4v) is 3.08. The van der Waals surface area contributed by atoms with E-state index in [1.54, 1.807) is 6.92 Å². The molecule has 0 unspecified atom stereocenters. The molecule has 0 saturated carbocycles. The van der Waals surface area contributed by atoms with Gasteiger partial charge in [0.1, 0.15) is 0 Å². The van der Waals surface area contributed by atoms with E-state index < -0.39 is 0 Å². The number of carbonyl (C=O) groups is 2. The van der Waals surface area contributed by atoms with E-state index >= 15 is 0 Å². The third-order valence-electron chi connectivity index (χ3n) is 4.42. The predicted octanol–water partition coefficient (Wildman–Crippen LogP) is 0.990. The first-order valence-corrected chi connectivity index (χ1v) is 7.93. The Morgan fingerprint density at radius 3 is 2.25 bits per heavy atom. The van der Waals surface area contributed by atoms with Crippen LogP contribution in [0.15, 0.2) is 0 Å². The molecule has 114 valence electrons. The molecule has 0 spiro atoms. The molecule has 0 aromatic rings. The van der Waals surface area contributed by atoms with Crippen LogP contribution in [0.5, 0.6) is 0 Å². The van der Waals surface area contributed by atoms with Crippen LogP contribution >= 0.6 is 0 Å². The molecule has 5 heteroatoms. The number of hydrogen-bond acceptors (Lipinski definition) is 3. The average Bonchev–Trinajstić information content (AvgIpc) is 2.48. The lowest BCUT2D eigenvalue weighted by Gasteiger charge is -2.32. The number of nitrogens with zero attached hydrogens (tertiary/aromatic N) is 2. The summed E-state index contributed by atoms with van der Waals surface area (Å²) >= 11 is 0. The van der Waals surface area contributed by atoms with E-state index in [0.717, 1.165) is 58.4 Å². The SMILES string of the molecule is CC(=O)N1CCC(NCCC(=O)N2CCCCC2)CC1. The van der Waals surface area contributed by atoms with Crippen LogP contribution in [0.1, 0.15) is 45.4 Å². The Hall–Kier alpha value is -1.10. The van der Waals surface area contributed by atoms with E-state index in [1.165, 1.54) is 6.42 Å². The van der Waals surface area contributed by atoms with Crippen molar-refractivity contribution in [3.63, 3.8) is 0 Å². The Balaban J connectivity index is 1.59. The highest BCUT2D eigenvalue weighted by Crippen LogP contribution is 2.11. The Morgan fingerprint density at radius 1 is 1.00 bits per heavy atom. The van der Waals surface area contributed by atoms with E-state index in [4.69, 9.17) is 0 Å². The number of rotatable bonds is 4. The van der Waals surface area contributed by atoms with Crippen molar-refractivity contribution in [2.45, 2.75) is 51.5 Å². The van der Waals surface area contributed by atoms with Crippen LogP contribution in [0.2, 0.25) is 0 Å². The molecule has 2 heterocycles. The van der Waals surface area contributed by atoms with Crippen LogP contribution < -0.4 is 5.32 Å². The second-order valence-electron chi connectivity index (χ2n) is 5.93. The van der Waals surface area contributed by atoms with E-state index in [9.17, 15) is 9.59 Å². The van der Waals surface area contributed by atoms with Crippen LogP contribution in [0.3, 0.4) is 0 Å². The molecule has 0 aromatic carbocycles. The lowest BCUT2D eigenvalue weighted by molar-refractivity contribution is -0.132. The number of amides is 2. The monoisotopic (exact) mass is 281 g/mol. The van der Waals surface area contributed by atoms with Crippen molar-refractivity contribution in [1.29, 1.82) is 0 Å². The Morgan fingerprint density at radius 2 is 1.65 bits per heavy atom. The molecule has 2 rings (SSSR count). The lowest BCUT2D eigenvalue weighted by Crippen LogP contribution is -2.45. The molecule has 2 aliphatic heterocycles. The summed E-state index contributed by atoms with van der Waals surface area (Å²) in [6.45, 7) is 5.96. The number of nitrogens with one attached hydrogen (secondary N) is 1. The van der Waals surface area contributed by atoms with Crippen LogP contribution in [-0.2, 0) is 9.59 Å². The van der Waals surface area contributed by atoms with Crippen LogP contribution in [0, 0.1) is 0 Å². The molecular weight excluding hydrogens is 254 g/mol. The van der Waals surface area contributed by atoms with E-state index in [0.29, 0.717) is 18.4 Å². The van der Waals surface area contributed by atoms with E-state index in [1.807, 2.05) is 9.80 Å². The first kappa shape index (κ1) is 15.3. The molecule has 2 aliphatic rings. The summed E-state index contributed by atoms with van der Waals surface area (Å²) in [5.41, 5.74) is 0. The maximum atomic E-state index is 12.0. The third kappa shape index (κ3) is 4.47. The van der Waals surface area contributed by atoms with Crippen LogP contribution in [0.25, 0.3) is 0 Å². The smallest absolute Gasteiger partial charge is 0.223 e. The maximum absolute atomic E-state index is 12.0. The quantitative estimate of drug-likeness (QED) is 0.836. The molecule has 0 aromatic heterocycles. The maximum Gasteiger partial charge on any atom is 0.223 e. The number of carbonyl (C=O) groups excluding carboxylic acids is 2. The second kappa shape index (κ2) is 7.62. The molecule has 2 saturated heterocycles. The predicted molar refractivity (Wildman–Crippen MR) is 78.3 cm³/mol. The van der Waals surface area contributed by atoms with Crippen molar-refractivity contribution in [1.82, 2.24) is 15.1 Å². The Kier molecular flexibility index (Phi) is 5.83. The Bertz CT molecular complexity index is 332. The zero-order chi connectivity index (χ0) is 14.4. The fraction of sp³-hybridized carbons (Fsp3) is 0.867. The summed E-state index contributed by atoms with van der Waals surface area (Å²) in [4.78, 5) is 27.2. The minimum absolute atomic E-state index is 0.170. The van der Waals surface area contributed by atoms with Gasteiger partial charge in [0, 0.05) is 52.1 Å². The highest BCUT2D eigenvalue weighted by Gasteiger charge is 2.21. The van der Waals surface area contributed by atoms with Gasteiger partial charge in [0.25, 0.3) is 0 Å². The third-order valence-corrected chi connectivity index (χ3v) is 4.42. The molecule has 2 fully saturated rings. The molecule has 0 radical (unpaired) electrons. The molecule has 1 N–H and O–H groups in total. The number of piperidine rings is 2. The summed E-state index contributed by atoms with van der Waals surface area (Å²) in [7, 11) is 0. The molecule has 2 amide bonds. The summed E-state index contributed by atoms with van der Waals surface area (Å²) in [6.07, 6.45) is 6.17. The lowest BCUT2D eigenvalue weighted by atomic mass is 10.0. The van der Waals surface area contributed by atoms with Crippen molar-refractivity contribution in [3.8, 4) is 0 Å². The molecule has 5 nitrogen and oxygen atoms in total. The van der Waals surface area contributed by atoms with Crippen LogP contribution in [0.4, 0.5) is 0 Å². The first-order chi connectivity index (χ1) is 9.66. The molecule has 0 atom stereocenters. The highest BCUT2D eigenvalue weighted by atomic mass is 16.2. The van der Waals surface area contributed by atoms with Gasteiger partial charge in [-0.2, -0.15) is 0 Å². The number of hydrogen-bond donors (Lipinski definition) is 1. The zero-order valence-corrected chi connectivity index (χ0v) is 12.6. The van der Waals surface area contributed by atoms with Gasteiger partial charge >= 0.3 is 0 Å². The summed E-state index contributed by atoms with van der Waals surface area (Å²) in [5, 5.41) is 3.47. The highest BCUT2D eigenvalue weighted by molar-refractivity contribution is 5.76. The standard InChI is InChI=1S/C15H27N3O2/c1-13(19)17-11-6-14(7-12-17)16-8-5-15(20)18-9-3-2-4-10-18/h14,16H,2-12H2,1H3. The van der Waals surface area contributed by atoms with Crippen LogP contribution in [-0.4, -0.2) is 60.4 Å². The fourth-order valence-electron chi connectivity index (χ4n) is 3.08. The van der Waals surface area contributed by atoms with Crippen molar-refractivity contribution in [3.05, 3.63) is 0 Å². The number of likely N-dealkylation sites (tertiary alicyclic amines) is 2. The van der Waals surface area contributed by atoms with Crippen molar-refractivity contribution >= 4 is 11.8 Å². The van der Waals surface area contributed by atoms with Gasteiger partial charge in [0.05, 0.1) is 0 Å². The second-order valence-corrected chi connectivity index (χ2v) is 5.93. The molecule has 0 aliphatic carbocycles. The molecule has 0 bridgehead atoms. The van der Waals surface area contributed by atoms with Crippen molar-refractivity contribution in [2.75, 3.05) is 32.7 Å². The van der Waals surface area contributed by atoms with Gasteiger partial charge in [0.2, 0.25) is 11.8 Å². The van der Waals surface area contributed by atoms with Gasteiger partial charge in [-0.05, 0) is 32.1 Å². The van der Waals surface area contributed by atoms with Crippen molar-refractivity contribution in [2.24, 2.45) is 0 Å². The summed E-state index contributed by atoms with van der Waals surface area (Å²) in [5.74, 6) is 0.460. The first-order valence-electron chi connectivity index (χ1n) is 7.93. The minimum Gasteiger partial charge on any atom is -0.343 e. The van der Waals surface area contributed by atoms with Gasteiger partial charge < -0.3 is 15.1 Å². The van der Waals surface area contributed by atoms with Gasteiger partial charge in [-0.3, -0.25) is 9.59 Å². The average molecular weight is 281 g/mol. The summed E-state index contributed by atoms with van der Waals surface area (Å²) < 4.78 is 0. The molecular formula is C15H27N3O2. The van der Waals surface area contributed by atoms with E-state index in [2.05, 4.69) is 5.32 Å². The molecule has 20 heavy (non-hydrogen) atoms. The van der Waals surface area contributed by atoms with E-state index in [-0.39, 0.29) is 5.91 Å². The summed E-state index contributed by atoms with van der Waals surface area (Å²) in [6, 6.07) is 0.458. The van der Waals surface area contributed by atoms with Gasteiger partial charge in [-0.1, -0.05) is 0 Å². The Labute approximate surface area is 121 Å². The topological polar surface area (TPSA) is 52.7 Å². The minimum atomic E-state index is 0.170. The van der Waals surface area contributed by atoms with Gasteiger partial charge in [-0.25, -0.2) is 0 Å². The van der Waals surface area contributed by atoms with Crippen molar-refractivity contribution < 1.29 is 9.59 Å². The largest absolute Gasteiger partial charge is 0.343 e. The normalized spacial score (nSPS) is 21.1. The van der Waals surface area contributed by atoms with Gasteiger partial charge in [-0.15, -0.1) is 0 Å². The van der Waals surface area contributed by atoms with Gasteiger partial charge in [0.15, 0.2) is 0 Å².